The summed E-state index contributed by atoms with van der Waals surface area (Å²) in [4.78, 5) is 0. The van der Waals surface area contributed by atoms with Gasteiger partial charge in [0.2, 0.25) is 0 Å². The molecule has 4 nitrogen and oxygen atoms in total. The summed E-state index contributed by atoms with van der Waals surface area (Å²) in [7, 11) is 0. The second-order valence-corrected chi connectivity index (χ2v) is 5.61. The maximum Gasteiger partial charge on any atom is 0.101 e. The van der Waals surface area contributed by atoms with Crippen molar-refractivity contribution in [3.8, 4) is 0 Å². The molecular weight excluding hydrogens is 230 g/mol. The van der Waals surface area contributed by atoms with Crippen molar-refractivity contribution in [3.05, 3.63) is 0 Å². The lowest BCUT2D eigenvalue weighted by atomic mass is 9.80. The summed E-state index contributed by atoms with van der Waals surface area (Å²) in [6, 6.07) is 0. The Hall–Kier alpha value is -0.160. The first-order valence-electron chi connectivity index (χ1n) is 7.21. The van der Waals surface area contributed by atoms with Crippen LogP contribution in [0.25, 0.3) is 0 Å². The number of hydrogen-bond donors (Lipinski definition) is 2. The van der Waals surface area contributed by atoms with Gasteiger partial charge in [0.25, 0.3) is 0 Å². The van der Waals surface area contributed by atoms with Gasteiger partial charge in [-0.3, -0.25) is 0 Å². The molecule has 0 aromatic heterocycles. The van der Waals surface area contributed by atoms with Gasteiger partial charge >= 0.3 is 0 Å². The molecule has 4 heteroatoms. The van der Waals surface area contributed by atoms with Gasteiger partial charge < -0.3 is 20.3 Å². The lowest BCUT2D eigenvalue weighted by Gasteiger charge is -2.30. The maximum atomic E-state index is 9.68. The molecule has 1 saturated carbocycles. The second-order valence-electron chi connectivity index (χ2n) is 5.61. The summed E-state index contributed by atoms with van der Waals surface area (Å²) in [5, 5.41) is 9.68. The molecule has 3 unspecified atom stereocenters. The van der Waals surface area contributed by atoms with Crippen molar-refractivity contribution in [1.29, 1.82) is 0 Å². The predicted molar refractivity (Wildman–Crippen MR) is 72.4 cm³/mol. The molecule has 1 aliphatic carbocycles. The van der Waals surface area contributed by atoms with Crippen LogP contribution in [0, 0.1) is 11.8 Å². The topological polar surface area (TPSA) is 64.7 Å². The standard InChI is InChI=1S/C14H29NO3/c1-11(2)18-10-14(16)9-17-8-13-6-4-3-5-12(13)7-15/h11-14,16H,3-10,15H2,1-2H3. The number of ether oxygens (including phenoxy) is 2. The molecular formula is C14H29NO3. The molecule has 0 spiro atoms. The first kappa shape index (κ1) is 15.9. The highest BCUT2D eigenvalue weighted by atomic mass is 16.5. The van der Waals surface area contributed by atoms with Gasteiger partial charge in [0.15, 0.2) is 0 Å². The zero-order valence-corrected chi connectivity index (χ0v) is 11.8. The SMILES string of the molecule is CC(C)OCC(O)COCC1CCCCC1CN. The smallest absolute Gasteiger partial charge is 0.101 e. The third kappa shape index (κ3) is 6.14. The second kappa shape index (κ2) is 8.86. The van der Waals surface area contributed by atoms with Gasteiger partial charge in [0, 0.05) is 6.61 Å². The van der Waals surface area contributed by atoms with Crippen LogP contribution in [0.5, 0.6) is 0 Å². The molecule has 0 amide bonds. The highest BCUT2D eigenvalue weighted by molar-refractivity contribution is 4.75. The summed E-state index contributed by atoms with van der Waals surface area (Å²) >= 11 is 0. The van der Waals surface area contributed by atoms with Gasteiger partial charge in [-0.2, -0.15) is 0 Å². The van der Waals surface area contributed by atoms with E-state index in [1.54, 1.807) is 0 Å². The lowest BCUT2D eigenvalue weighted by molar-refractivity contribution is -0.0463. The fourth-order valence-corrected chi connectivity index (χ4v) is 2.52. The Morgan fingerprint density at radius 2 is 1.83 bits per heavy atom. The van der Waals surface area contributed by atoms with Crippen LogP contribution in [-0.2, 0) is 9.47 Å². The number of nitrogens with two attached hydrogens (primary N) is 1. The number of rotatable bonds is 8. The van der Waals surface area contributed by atoms with Crippen molar-refractivity contribution in [2.75, 3.05) is 26.4 Å². The van der Waals surface area contributed by atoms with E-state index in [4.69, 9.17) is 15.2 Å². The minimum atomic E-state index is -0.521. The van der Waals surface area contributed by atoms with E-state index in [2.05, 4.69) is 0 Å². The van der Waals surface area contributed by atoms with E-state index in [1.807, 2.05) is 13.8 Å². The molecule has 3 N–H and O–H groups in total. The van der Waals surface area contributed by atoms with Crippen LogP contribution in [0.15, 0.2) is 0 Å². The minimum absolute atomic E-state index is 0.152. The van der Waals surface area contributed by atoms with E-state index in [0.717, 1.165) is 13.2 Å². The van der Waals surface area contributed by atoms with Crippen molar-refractivity contribution >= 4 is 0 Å². The van der Waals surface area contributed by atoms with E-state index in [1.165, 1.54) is 25.7 Å². The predicted octanol–water partition coefficient (Wildman–Crippen LogP) is 1.55. The maximum absolute atomic E-state index is 9.68. The fourth-order valence-electron chi connectivity index (χ4n) is 2.52. The summed E-state index contributed by atoms with van der Waals surface area (Å²) in [5.74, 6) is 1.17. The van der Waals surface area contributed by atoms with Crippen molar-refractivity contribution in [1.82, 2.24) is 0 Å². The molecule has 0 radical (unpaired) electrons. The van der Waals surface area contributed by atoms with E-state index < -0.39 is 6.10 Å². The quantitative estimate of drug-likeness (QED) is 0.694. The van der Waals surface area contributed by atoms with Crippen molar-refractivity contribution in [2.24, 2.45) is 17.6 Å². The zero-order valence-electron chi connectivity index (χ0n) is 11.8. The highest BCUT2D eigenvalue weighted by Crippen LogP contribution is 2.29. The van der Waals surface area contributed by atoms with E-state index in [9.17, 15) is 5.11 Å². The van der Waals surface area contributed by atoms with E-state index in [0.29, 0.717) is 25.0 Å². The fraction of sp³-hybridized carbons (Fsp3) is 1.00. The van der Waals surface area contributed by atoms with Crippen LogP contribution in [0.1, 0.15) is 39.5 Å². The third-order valence-electron chi connectivity index (χ3n) is 3.63. The number of hydrogen-bond acceptors (Lipinski definition) is 4. The molecule has 18 heavy (non-hydrogen) atoms. The Kier molecular flexibility index (Phi) is 7.82. The van der Waals surface area contributed by atoms with Gasteiger partial charge in [-0.05, 0) is 45.1 Å². The van der Waals surface area contributed by atoms with Crippen molar-refractivity contribution in [2.45, 2.75) is 51.7 Å². The molecule has 0 aliphatic heterocycles. The average molecular weight is 259 g/mol. The van der Waals surface area contributed by atoms with Crippen LogP contribution in [0.4, 0.5) is 0 Å². The van der Waals surface area contributed by atoms with Gasteiger partial charge in [-0.15, -0.1) is 0 Å². The molecule has 3 atom stereocenters. The van der Waals surface area contributed by atoms with Crippen molar-refractivity contribution in [3.63, 3.8) is 0 Å². The first-order valence-corrected chi connectivity index (χ1v) is 7.21. The summed E-state index contributed by atoms with van der Waals surface area (Å²) in [5.41, 5.74) is 5.78. The van der Waals surface area contributed by atoms with Gasteiger partial charge in [0.1, 0.15) is 6.10 Å². The Morgan fingerprint density at radius 1 is 1.17 bits per heavy atom. The van der Waals surface area contributed by atoms with Gasteiger partial charge in [0.05, 0.1) is 19.3 Å². The molecule has 108 valence electrons. The molecule has 1 fully saturated rings. The van der Waals surface area contributed by atoms with Gasteiger partial charge in [-0.1, -0.05) is 12.8 Å². The number of aliphatic hydroxyl groups is 1. The first-order chi connectivity index (χ1) is 8.63. The summed E-state index contributed by atoms with van der Waals surface area (Å²) in [6.07, 6.45) is 4.64. The zero-order chi connectivity index (χ0) is 13.4. The highest BCUT2D eigenvalue weighted by Gasteiger charge is 2.24. The molecule has 1 rings (SSSR count). The van der Waals surface area contributed by atoms with Crippen LogP contribution in [0.2, 0.25) is 0 Å². The van der Waals surface area contributed by atoms with Crippen LogP contribution < -0.4 is 5.73 Å². The van der Waals surface area contributed by atoms with Crippen LogP contribution in [0.3, 0.4) is 0 Å². The molecule has 0 aromatic rings. The van der Waals surface area contributed by atoms with E-state index in [-0.39, 0.29) is 6.10 Å². The monoisotopic (exact) mass is 259 g/mol. The van der Waals surface area contributed by atoms with Crippen LogP contribution in [-0.4, -0.2) is 43.7 Å². The molecule has 0 aromatic carbocycles. The Bertz CT molecular complexity index is 211. The molecule has 1 aliphatic rings. The van der Waals surface area contributed by atoms with Crippen LogP contribution >= 0.6 is 0 Å². The van der Waals surface area contributed by atoms with E-state index >= 15 is 0 Å². The molecule has 0 saturated heterocycles. The Labute approximate surface area is 111 Å². The normalized spacial score (nSPS) is 26.5. The van der Waals surface area contributed by atoms with Gasteiger partial charge in [-0.25, -0.2) is 0 Å². The summed E-state index contributed by atoms with van der Waals surface area (Å²) < 4.78 is 11.0. The molecule has 0 bridgehead atoms. The lowest BCUT2D eigenvalue weighted by Crippen LogP contribution is -2.31. The Morgan fingerprint density at radius 3 is 2.44 bits per heavy atom. The largest absolute Gasteiger partial charge is 0.388 e. The third-order valence-corrected chi connectivity index (χ3v) is 3.63. The van der Waals surface area contributed by atoms with Crippen molar-refractivity contribution < 1.29 is 14.6 Å². The molecule has 0 heterocycles. The minimum Gasteiger partial charge on any atom is -0.388 e. The average Bonchev–Trinajstić information content (AvgIpc) is 2.37. The number of aliphatic hydroxyl groups excluding tert-OH is 1. The Balaban J connectivity index is 2.12. The summed E-state index contributed by atoms with van der Waals surface area (Å²) in [6.45, 7) is 6.11.